The lowest BCUT2D eigenvalue weighted by Gasteiger charge is -2.17. The van der Waals surface area contributed by atoms with Crippen molar-refractivity contribution in [1.82, 2.24) is 5.32 Å². The van der Waals surface area contributed by atoms with Crippen molar-refractivity contribution < 1.29 is 19.0 Å². The molecule has 1 amide bonds. The van der Waals surface area contributed by atoms with E-state index in [4.69, 9.17) is 14.2 Å². The number of hydrogen-bond acceptors (Lipinski definition) is 4. The Labute approximate surface area is 168 Å². The maximum absolute atomic E-state index is 12.5. The van der Waals surface area contributed by atoms with Crippen molar-refractivity contribution in [2.24, 2.45) is 0 Å². The first kappa shape index (κ1) is 21.8. The molecule has 0 bridgehead atoms. The van der Waals surface area contributed by atoms with Gasteiger partial charge in [0.2, 0.25) is 0 Å². The van der Waals surface area contributed by atoms with E-state index in [9.17, 15) is 4.79 Å². The summed E-state index contributed by atoms with van der Waals surface area (Å²) >= 11 is 0. The molecule has 0 aromatic heterocycles. The van der Waals surface area contributed by atoms with Gasteiger partial charge < -0.3 is 19.5 Å². The molecule has 0 saturated heterocycles. The summed E-state index contributed by atoms with van der Waals surface area (Å²) in [6.45, 7) is 9.46. The molecule has 0 unspecified atom stereocenters. The predicted molar refractivity (Wildman–Crippen MR) is 111 cm³/mol. The minimum Gasteiger partial charge on any atom is -0.493 e. The van der Waals surface area contributed by atoms with E-state index in [0.717, 1.165) is 22.6 Å². The van der Waals surface area contributed by atoms with Crippen LogP contribution in [-0.4, -0.2) is 32.3 Å². The van der Waals surface area contributed by atoms with Gasteiger partial charge in [0.25, 0.3) is 5.91 Å². The average Bonchev–Trinajstić information content (AvgIpc) is 2.67. The largest absolute Gasteiger partial charge is 0.493 e. The minimum atomic E-state index is -0.142. The van der Waals surface area contributed by atoms with Crippen molar-refractivity contribution in [2.45, 2.75) is 46.3 Å². The zero-order valence-electron chi connectivity index (χ0n) is 17.5. The molecule has 5 nitrogen and oxygen atoms in total. The zero-order valence-corrected chi connectivity index (χ0v) is 17.5. The summed E-state index contributed by atoms with van der Waals surface area (Å²) in [5, 5.41) is 2.93. The Morgan fingerprint density at radius 3 is 2.46 bits per heavy atom. The minimum absolute atomic E-state index is 0.0679. The smallest absolute Gasteiger partial charge is 0.251 e. The highest BCUT2D eigenvalue weighted by Crippen LogP contribution is 2.28. The molecular formula is C23H31NO4. The highest BCUT2D eigenvalue weighted by Gasteiger charge is 2.14. The quantitative estimate of drug-likeness (QED) is 0.652. The summed E-state index contributed by atoms with van der Waals surface area (Å²) in [5.74, 6) is 1.80. The van der Waals surface area contributed by atoms with Gasteiger partial charge in [0.05, 0.1) is 13.2 Å². The molecule has 2 rings (SSSR count). The van der Waals surface area contributed by atoms with Crippen molar-refractivity contribution in [3.05, 3.63) is 59.2 Å². The van der Waals surface area contributed by atoms with Gasteiger partial charge in [-0.2, -0.15) is 0 Å². The summed E-state index contributed by atoms with van der Waals surface area (Å²) in [7, 11) is 1.62. The van der Waals surface area contributed by atoms with Crippen LogP contribution in [0.5, 0.6) is 11.5 Å². The van der Waals surface area contributed by atoms with Crippen LogP contribution in [0.15, 0.2) is 42.5 Å². The molecule has 1 N–H and O–H groups in total. The van der Waals surface area contributed by atoms with E-state index in [1.165, 1.54) is 0 Å². The van der Waals surface area contributed by atoms with Crippen molar-refractivity contribution in [3.8, 4) is 11.5 Å². The van der Waals surface area contributed by atoms with Gasteiger partial charge in [0.15, 0.2) is 0 Å². The van der Waals surface area contributed by atoms with Gasteiger partial charge in [-0.3, -0.25) is 4.79 Å². The number of nitrogens with one attached hydrogen (secondary N) is 1. The molecular weight excluding hydrogens is 354 g/mol. The molecule has 2 aromatic carbocycles. The van der Waals surface area contributed by atoms with Crippen molar-refractivity contribution in [1.29, 1.82) is 0 Å². The molecule has 0 radical (unpaired) electrons. The van der Waals surface area contributed by atoms with Gasteiger partial charge in [-0.1, -0.05) is 32.0 Å². The van der Waals surface area contributed by atoms with Crippen LogP contribution in [0, 0.1) is 0 Å². The number of methoxy groups -OCH3 is 1. The molecule has 0 heterocycles. The van der Waals surface area contributed by atoms with Crippen LogP contribution < -0.4 is 14.8 Å². The Kier molecular flexibility index (Phi) is 8.33. The first-order valence-corrected chi connectivity index (χ1v) is 9.73. The lowest BCUT2D eigenvalue weighted by Crippen LogP contribution is -2.35. The molecule has 0 aliphatic rings. The van der Waals surface area contributed by atoms with Gasteiger partial charge in [0.1, 0.15) is 18.1 Å². The second-order valence-electron chi connectivity index (χ2n) is 7.07. The van der Waals surface area contributed by atoms with Crippen LogP contribution in [0.4, 0.5) is 0 Å². The maximum atomic E-state index is 12.5. The second kappa shape index (κ2) is 10.7. The molecule has 5 heteroatoms. The van der Waals surface area contributed by atoms with E-state index in [1.54, 1.807) is 13.2 Å². The summed E-state index contributed by atoms with van der Waals surface area (Å²) in [5.41, 5.74) is 2.57. The Balaban J connectivity index is 2.20. The number of carbonyl (C=O) groups excluding carboxylic acids is 1. The Bertz CT molecular complexity index is 773. The molecule has 152 valence electrons. The molecule has 1 atom stereocenters. The van der Waals surface area contributed by atoms with Gasteiger partial charge in [-0.05, 0) is 49.6 Å². The maximum Gasteiger partial charge on any atom is 0.251 e. The van der Waals surface area contributed by atoms with E-state index in [2.05, 4.69) is 25.2 Å². The molecule has 0 aliphatic carbocycles. The van der Waals surface area contributed by atoms with E-state index in [1.807, 2.05) is 44.2 Å². The third-order valence-corrected chi connectivity index (χ3v) is 4.34. The Morgan fingerprint density at radius 1 is 1.04 bits per heavy atom. The SMILES string of the molecule is CCOc1ccc(C(=O)N[C@H](C)COC)cc1COc1ccccc1C(C)C. The Hall–Kier alpha value is -2.53. The van der Waals surface area contributed by atoms with Crippen molar-refractivity contribution in [3.63, 3.8) is 0 Å². The summed E-state index contributed by atoms with van der Waals surface area (Å²) < 4.78 is 16.9. The number of amides is 1. The van der Waals surface area contributed by atoms with Gasteiger partial charge in [0, 0.05) is 24.3 Å². The van der Waals surface area contributed by atoms with Crippen LogP contribution in [0.3, 0.4) is 0 Å². The molecule has 0 saturated carbocycles. The first-order chi connectivity index (χ1) is 13.5. The van der Waals surface area contributed by atoms with Gasteiger partial charge >= 0.3 is 0 Å². The van der Waals surface area contributed by atoms with Crippen molar-refractivity contribution >= 4 is 5.91 Å². The fourth-order valence-corrected chi connectivity index (χ4v) is 2.97. The normalized spacial score (nSPS) is 11.9. The molecule has 0 aliphatic heterocycles. The molecule has 2 aromatic rings. The summed E-state index contributed by atoms with van der Waals surface area (Å²) in [6, 6.07) is 13.4. The number of hydrogen-bond donors (Lipinski definition) is 1. The number of para-hydroxylation sites is 1. The van der Waals surface area contributed by atoms with E-state index in [0.29, 0.717) is 31.3 Å². The second-order valence-corrected chi connectivity index (χ2v) is 7.07. The van der Waals surface area contributed by atoms with Gasteiger partial charge in [-0.15, -0.1) is 0 Å². The number of benzene rings is 2. The van der Waals surface area contributed by atoms with Crippen molar-refractivity contribution in [2.75, 3.05) is 20.3 Å². The first-order valence-electron chi connectivity index (χ1n) is 9.73. The molecule has 28 heavy (non-hydrogen) atoms. The fraction of sp³-hybridized carbons (Fsp3) is 0.435. The summed E-state index contributed by atoms with van der Waals surface area (Å²) in [4.78, 5) is 12.5. The third-order valence-electron chi connectivity index (χ3n) is 4.34. The van der Waals surface area contributed by atoms with Crippen LogP contribution in [-0.2, 0) is 11.3 Å². The number of rotatable bonds is 10. The van der Waals surface area contributed by atoms with E-state index >= 15 is 0 Å². The van der Waals surface area contributed by atoms with Crippen LogP contribution >= 0.6 is 0 Å². The monoisotopic (exact) mass is 385 g/mol. The van der Waals surface area contributed by atoms with Crippen LogP contribution in [0.1, 0.15) is 55.1 Å². The van der Waals surface area contributed by atoms with E-state index in [-0.39, 0.29) is 11.9 Å². The highest BCUT2D eigenvalue weighted by atomic mass is 16.5. The summed E-state index contributed by atoms with van der Waals surface area (Å²) in [6.07, 6.45) is 0. The topological polar surface area (TPSA) is 56.8 Å². The molecule has 0 spiro atoms. The Morgan fingerprint density at radius 2 is 1.79 bits per heavy atom. The van der Waals surface area contributed by atoms with E-state index < -0.39 is 0 Å². The highest BCUT2D eigenvalue weighted by molar-refractivity contribution is 5.94. The predicted octanol–water partition coefficient (Wildman–Crippen LogP) is 4.55. The van der Waals surface area contributed by atoms with Crippen LogP contribution in [0.2, 0.25) is 0 Å². The zero-order chi connectivity index (χ0) is 20.5. The van der Waals surface area contributed by atoms with Crippen LogP contribution in [0.25, 0.3) is 0 Å². The number of ether oxygens (including phenoxy) is 3. The standard InChI is InChI=1S/C23H31NO4/c1-6-27-21-12-11-18(23(25)24-17(4)14-26-5)13-19(21)15-28-22-10-8-7-9-20(22)16(2)3/h7-13,16-17H,6,14-15H2,1-5H3,(H,24,25)/t17-/m1/s1. The average molecular weight is 386 g/mol. The third kappa shape index (κ3) is 5.99. The van der Waals surface area contributed by atoms with Gasteiger partial charge in [-0.25, -0.2) is 0 Å². The number of carbonyl (C=O) groups is 1. The molecule has 0 fully saturated rings. The lowest BCUT2D eigenvalue weighted by molar-refractivity contribution is 0.0905. The fourth-order valence-electron chi connectivity index (χ4n) is 2.97. The lowest BCUT2D eigenvalue weighted by atomic mass is 10.0.